The fourth-order valence-corrected chi connectivity index (χ4v) is 4.05. The second-order valence-electron chi connectivity index (χ2n) is 4.70. The third-order valence-corrected chi connectivity index (χ3v) is 4.92. The van der Waals surface area contributed by atoms with Crippen molar-refractivity contribution in [2.24, 2.45) is 0 Å². The molecule has 0 unspecified atom stereocenters. The third-order valence-electron chi connectivity index (χ3n) is 3.09. The Morgan fingerprint density at radius 1 is 1.45 bits per heavy atom. The van der Waals surface area contributed by atoms with E-state index in [1.807, 2.05) is 31.4 Å². The Bertz CT molecular complexity index is 773. The van der Waals surface area contributed by atoms with Crippen LogP contribution in [0, 0.1) is 6.92 Å². The molecule has 3 nitrogen and oxygen atoms in total. The Balaban J connectivity index is 2.00. The molecule has 2 heterocycles. The normalized spacial score (nSPS) is 11.3. The van der Waals surface area contributed by atoms with E-state index in [0.717, 1.165) is 37.5 Å². The van der Waals surface area contributed by atoms with E-state index in [1.54, 1.807) is 22.7 Å². The number of thiophene rings is 1. The van der Waals surface area contributed by atoms with Crippen molar-refractivity contribution in [2.45, 2.75) is 26.7 Å². The molecule has 5 heteroatoms. The van der Waals surface area contributed by atoms with Crippen LogP contribution in [0.5, 0.6) is 5.75 Å². The van der Waals surface area contributed by atoms with Gasteiger partial charge in [-0.05, 0) is 24.8 Å². The summed E-state index contributed by atoms with van der Waals surface area (Å²) in [6.07, 6.45) is 1.44. The van der Waals surface area contributed by atoms with Gasteiger partial charge in [0.2, 0.25) is 0 Å². The molecule has 3 rings (SSSR count). The molecule has 0 amide bonds. The van der Waals surface area contributed by atoms with Gasteiger partial charge in [-0.15, -0.1) is 22.7 Å². The summed E-state index contributed by atoms with van der Waals surface area (Å²) in [5.41, 5.74) is 1.05. The summed E-state index contributed by atoms with van der Waals surface area (Å²) < 4.78 is 8.01. The van der Waals surface area contributed by atoms with Gasteiger partial charge < -0.3 is 4.74 Å². The number of aromatic nitrogens is 1. The van der Waals surface area contributed by atoms with Crippen LogP contribution in [0.2, 0.25) is 0 Å². The number of thiazole rings is 1. The maximum Gasteiger partial charge on any atom is 0.170 e. The predicted molar refractivity (Wildman–Crippen MR) is 85.2 cm³/mol. The fourth-order valence-electron chi connectivity index (χ4n) is 2.22. The summed E-state index contributed by atoms with van der Waals surface area (Å²) in [7, 11) is 0. The molecule has 104 valence electrons. The van der Waals surface area contributed by atoms with Gasteiger partial charge in [-0.3, -0.25) is 4.79 Å². The zero-order valence-electron chi connectivity index (χ0n) is 11.4. The molecule has 0 fully saturated rings. The van der Waals surface area contributed by atoms with E-state index in [4.69, 9.17) is 4.74 Å². The van der Waals surface area contributed by atoms with Crippen molar-refractivity contribution < 1.29 is 9.53 Å². The Hall–Kier alpha value is -1.46. The molecule has 0 atom stereocenters. The molecule has 0 aliphatic rings. The summed E-state index contributed by atoms with van der Waals surface area (Å²) in [6.45, 7) is 4.17. The van der Waals surface area contributed by atoms with Crippen LogP contribution in [0.1, 0.15) is 24.8 Å². The summed E-state index contributed by atoms with van der Waals surface area (Å²) in [5, 5.41) is 4.14. The standard InChI is InChI=1S/C15H15NO2S2/c1-3-4-10(17)8-18-12-7-13-14(16-9(2)20-13)15-11(12)5-6-19-15/h5-7H,3-4,8H2,1-2H3. The summed E-state index contributed by atoms with van der Waals surface area (Å²) >= 11 is 3.33. The number of ketones is 1. The zero-order chi connectivity index (χ0) is 14.1. The highest BCUT2D eigenvalue weighted by Crippen LogP contribution is 2.38. The molecule has 0 aliphatic heterocycles. The number of Topliss-reactive ketones (excluding diaryl/α,β-unsaturated/α-hetero) is 1. The SMILES string of the molecule is CCCC(=O)COc1cc2sc(C)nc2c2sccc12. The lowest BCUT2D eigenvalue weighted by atomic mass is 10.2. The molecule has 2 aromatic heterocycles. The van der Waals surface area contributed by atoms with E-state index >= 15 is 0 Å². The van der Waals surface area contributed by atoms with Crippen molar-refractivity contribution >= 4 is 48.8 Å². The van der Waals surface area contributed by atoms with Crippen LogP contribution in [0.25, 0.3) is 20.3 Å². The quantitative estimate of drug-likeness (QED) is 0.693. The zero-order valence-corrected chi connectivity index (χ0v) is 13.1. The smallest absolute Gasteiger partial charge is 0.170 e. The van der Waals surface area contributed by atoms with Crippen molar-refractivity contribution in [2.75, 3.05) is 6.61 Å². The molecule has 0 aliphatic carbocycles. The van der Waals surface area contributed by atoms with Gasteiger partial charge in [0, 0.05) is 17.9 Å². The Kier molecular flexibility index (Phi) is 3.72. The molecular weight excluding hydrogens is 290 g/mol. The second kappa shape index (κ2) is 5.50. The number of fused-ring (bicyclic) bond motifs is 3. The fraction of sp³-hybridized carbons (Fsp3) is 0.333. The molecule has 0 bridgehead atoms. The Labute approximate surface area is 125 Å². The number of aryl methyl sites for hydroxylation is 1. The van der Waals surface area contributed by atoms with Gasteiger partial charge in [0.05, 0.1) is 19.9 Å². The average Bonchev–Trinajstić information content (AvgIpc) is 3.01. The van der Waals surface area contributed by atoms with Crippen LogP contribution < -0.4 is 4.74 Å². The molecule has 0 N–H and O–H groups in total. The van der Waals surface area contributed by atoms with E-state index in [1.165, 1.54) is 0 Å². The van der Waals surface area contributed by atoms with Crippen molar-refractivity contribution in [1.29, 1.82) is 0 Å². The van der Waals surface area contributed by atoms with Gasteiger partial charge in [-0.25, -0.2) is 4.98 Å². The number of carbonyl (C=O) groups excluding carboxylic acids is 1. The number of benzene rings is 1. The van der Waals surface area contributed by atoms with Gasteiger partial charge >= 0.3 is 0 Å². The maximum atomic E-state index is 11.6. The largest absolute Gasteiger partial charge is 0.485 e. The van der Waals surface area contributed by atoms with Crippen molar-refractivity contribution in [3.8, 4) is 5.75 Å². The van der Waals surface area contributed by atoms with Crippen LogP contribution >= 0.6 is 22.7 Å². The number of nitrogens with zero attached hydrogens (tertiary/aromatic N) is 1. The first-order chi connectivity index (χ1) is 9.69. The van der Waals surface area contributed by atoms with Gasteiger partial charge in [0.25, 0.3) is 0 Å². The monoisotopic (exact) mass is 305 g/mol. The molecule has 0 saturated carbocycles. The van der Waals surface area contributed by atoms with E-state index < -0.39 is 0 Å². The highest BCUT2D eigenvalue weighted by molar-refractivity contribution is 7.21. The third kappa shape index (κ3) is 2.43. The lowest BCUT2D eigenvalue weighted by molar-refractivity contribution is -0.121. The molecule has 1 aromatic carbocycles. The number of hydrogen-bond donors (Lipinski definition) is 0. The van der Waals surface area contributed by atoms with Crippen LogP contribution in [-0.2, 0) is 4.79 Å². The number of hydrogen-bond acceptors (Lipinski definition) is 5. The van der Waals surface area contributed by atoms with E-state index in [2.05, 4.69) is 4.98 Å². The lowest BCUT2D eigenvalue weighted by Crippen LogP contribution is -2.10. The average molecular weight is 305 g/mol. The maximum absolute atomic E-state index is 11.6. The minimum absolute atomic E-state index is 0.150. The number of carbonyl (C=O) groups is 1. The van der Waals surface area contributed by atoms with Crippen molar-refractivity contribution in [3.63, 3.8) is 0 Å². The molecular formula is C15H15NO2S2. The van der Waals surface area contributed by atoms with Crippen LogP contribution in [0.3, 0.4) is 0 Å². The highest BCUT2D eigenvalue weighted by Gasteiger charge is 2.13. The summed E-state index contributed by atoms with van der Waals surface area (Å²) in [5.74, 6) is 0.943. The van der Waals surface area contributed by atoms with Crippen LogP contribution in [-0.4, -0.2) is 17.4 Å². The van der Waals surface area contributed by atoms with Crippen molar-refractivity contribution in [1.82, 2.24) is 4.98 Å². The van der Waals surface area contributed by atoms with Crippen molar-refractivity contribution in [3.05, 3.63) is 22.5 Å². The minimum Gasteiger partial charge on any atom is -0.485 e. The van der Waals surface area contributed by atoms with Crippen LogP contribution in [0.4, 0.5) is 0 Å². The van der Waals surface area contributed by atoms with E-state index in [-0.39, 0.29) is 12.4 Å². The first kappa shape index (κ1) is 13.5. The Morgan fingerprint density at radius 3 is 3.10 bits per heavy atom. The molecule has 0 saturated heterocycles. The van der Waals surface area contributed by atoms with E-state index in [9.17, 15) is 4.79 Å². The van der Waals surface area contributed by atoms with Gasteiger partial charge in [-0.1, -0.05) is 6.92 Å². The first-order valence-corrected chi connectivity index (χ1v) is 8.30. The molecule has 0 radical (unpaired) electrons. The molecule has 3 aromatic rings. The minimum atomic E-state index is 0.150. The predicted octanol–water partition coefficient (Wildman–Crippen LogP) is 4.57. The number of rotatable bonds is 5. The van der Waals surface area contributed by atoms with Crippen LogP contribution in [0.15, 0.2) is 17.5 Å². The Morgan fingerprint density at radius 2 is 2.30 bits per heavy atom. The van der Waals surface area contributed by atoms with Gasteiger partial charge in [0.15, 0.2) is 5.78 Å². The second-order valence-corrected chi connectivity index (χ2v) is 6.85. The summed E-state index contributed by atoms with van der Waals surface area (Å²) in [4.78, 5) is 16.2. The topological polar surface area (TPSA) is 39.2 Å². The van der Waals surface area contributed by atoms with E-state index in [0.29, 0.717) is 6.42 Å². The van der Waals surface area contributed by atoms with Gasteiger partial charge in [-0.2, -0.15) is 0 Å². The molecule has 20 heavy (non-hydrogen) atoms. The van der Waals surface area contributed by atoms with Gasteiger partial charge in [0.1, 0.15) is 12.4 Å². The molecule has 0 spiro atoms. The lowest BCUT2D eigenvalue weighted by Gasteiger charge is -2.07. The highest BCUT2D eigenvalue weighted by atomic mass is 32.1. The first-order valence-electron chi connectivity index (χ1n) is 6.61. The number of ether oxygens (including phenoxy) is 1. The summed E-state index contributed by atoms with van der Waals surface area (Å²) in [6, 6.07) is 4.04.